The fourth-order valence-electron chi connectivity index (χ4n) is 4.85. The third-order valence-electron chi connectivity index (χ3n) is 6.57. The number of tetrazole rings is 1. The molecule has 1 atom stereocenters. The second-order valence-electron chi connectivity index (χ2n) is 8.80. The average molecular weight is 442 g/mol. The third kappa shape index (κ3) is 4.03. The van der Waals surface area contributed by atoms with Crippen molar-refractivity contribution in [1.82, 2.24) is 30.0 Å². The van der Waals surface area contributed by atoms with Crippen LogP contribution in [0.5, 0.6) is 0 Å². The second kappa shape index (κ2) is 9.17. The summed E-state index contributed by atoms with van der Waals surface area (Å²) in [7, 11) is 0. The fourth-order valence-corrected chi connectivity index (χ4v) is 4.85. The van der Waals surface area contributed by atoms with Gasteiger partial charge in [-0.15, -0.1) is 5.10 Å². The number of fused-ring (bicyclic) bond motifs is 1. The molecule has 0 aliphatic carbocycles. The Labute approximate surface area is 193 Å². The van der Waals surface area contributed by atoms with Crippen LogP contribution in [0.4, 0.5) is 0 Å². The first-order valence-electron chi connectivity index (χ1n) is 11.8. The normalized spacial score (nSPS) is 15.5. The Hall–Kier alpha value is -3.48. The molecule has 33 heavy (non-hydrogen) atoms. The Bertz CT molecular complexity index is 1280. The molecule has 0 saturated carbocycles. The quantitative estimate of drug-likeness (QED) is 0.447. The van der Waals surface area contributed by atoms with E-state index in [0.717, 1.165) is 59.9 Å². The molecule has 0 saturated heterocycles. The number of rotatable bonds is 7. The van der Waals surface area contributed by atoms with E-state index in [1.165, 1.54) is 5.69 Å². The van der Waals surface area contributed by atoms with Crippen molar-refractivity contribution in [1.29, 1.82) is 0 Å². The van der Waals surface area contributed by atoms with E-state index in [9.17, 15) is 4.79 Å². The number of nitrogens with zero attached hydrogens (tertiary/aromatic N) is 5. The molecule has 7 heteroatoms. The highest BCUT2D eigenvalue weighted by Gasteiger charge is 2.25. The summed E-state index contributed by atoms with van der Waals surface area (Å²) in [5.41, 5.74) is 6.54. The van der Waals surface area contributed by atoms with Crippen molar-refractivity contribution in [2.45, 2.75) is 58.4 Å². The summed E-state index contributed by atoms with van der Waals surface area (Å²) < 4.78 is 4.11. The Balaban J connectivity index is 1.47. The average Bonchev–Trinajstić information content (AvgIpc) is 3.47. The highest BCUT2D eigenvalue weighted by molar-refractivity contribution is 5.80. The van der Waals surface area contributed by atoms with Gasteiger partial charge >= 0.3 is 0 Å². The minimum Gasteiger partial charge on any atom is -0.283 e. The van der Waals surface area contributed by atoms with Gasteiger partial charge in [0, 0.05) is 29.3 Å². The zero-order valence-corrected chi connectivity index (χ0v) is 19.2. The van der Waals surface area contributed by atoms with Gasteiger partial charge in [-0.25, -0.2) is 9.78 Å². The Kier molecular flexibility index (Phi) is 5.94. The van der Waals surface area contributed by atoms with Gasteiger partial charge in [0.2, 0.25) is 0 Å². The molecule has 1 aliphatic heterocycles. The molecule has 0 spiro atoms. The number of aromatic amines is 1. The maximum absolute atomic E-state index is 13.3. The van der Waals surface area contributed by atoms with Crippen LogP contribution in [-0.4, -0.2) is 30.0 Å². The molecule has 1 unspecified atom stereocenters. The molecular formula is C26H29N6O. The molecule has 1 N–H and O–H groups in total. The second-order valence-corrected chi connectivity index (χ2v) is 8.80. The molecule has 7 nitrogen and oxygen atoms in total. The highest BCUT2D eigenvalue weighted by atomic mass is 16.1. The first kappa shape index (κ1) is 21.4. The number of aromatic nitrogens is 6. The molecule has 5 rings (SSSR count). The highest BCUT2D eigenvalue weighted by Crippen LogP contribution is 2.31. The molecule has 2 aromatic heterocycles. The van der Waals surface area contributed by atoms with Crippen molar-refractivity contribution in [2.75, 3.05) is 0 Å². The largest absolute Gasteiger partial charge is 0.283 e. The van der Waals surface area contributed by atoms with Gasteiger partial charge in [0.1, 0.15) is 0 Å². The van der Waals surface area contributed by atoms with Crippen LogP contribution < -0.4 is 5.56 Å². The van der Waals surface area contributed by atoms with Gasteiger partial charge in [-0.05, 0) is 59.7 Å². The Morgan fingerprint density at radius 3 is 2.61 bits per heavy atom. The summed E-state index contributed by atoms with van der Waals surface area (Å²) in [5, 5.41) is 14.3. The number of benzene rings is 2. The maximum Gasteiger partial charge on any atom is 0.270 e. The van der Waals surface area contributed by atoms with Crippen LogP contribution in [0, 0.1) is 6.54 Å². The molecule has 2 aromatic carbocycles. The van der Waals surface area contributed by atoms with Crippen LogP contribution in [0.25, 0.3) is 22.5 Å². The number of H-pyrrole nitrogens is 1. The van der Waals surface area contributed by atoms with Crippen LogP contribution >= 0.6 is 0 Å². The lowest BCUT2D eigenvalue weighted by Crippen LogP contribution is -2.29. The van der Waals surface area contributed by atoms with Crippen molar-refractivity contribution >= 4 is 0 Å². The third-order valence-corrected chi connectivity index (χ3v) is 6.57. The van der Waals surface area contributed by atoms with Gasteiger partial charge in [-0.3, -0.25) is 9.48 Å². The van der Waals surface area contributed by atoms with Crippen LogP contribution in [-0.2, 0) is 12.8 Å². The van der Waals surface area contributed by atoms with Gasteiger partial charge in [-0.1, -0.05) is 61.9 Å². The number of hydrogen-bond acceptors (Lipinski definition) is 4. The van der Waals surface area contributed by atoms with E-state index in [1.807, 2.05) is 22.9 Å². The number of nitrogens with one attached hydrogen (secondary N) is 1. The Morgan fingerprint density at radius 2 is 1.88 bits per heavy atom. The zero-order chi connectivity index (χ0) is 22.8. The summed E-state index contributed by atoms with van der Waals surface area (Å²) >= 11 is 0. The van der Waals surface area contributed by atoms with Gasteiger partial charge in [0.15, 0.2) is 5.82 Å². The predicted molar refractivity (Wildman–Crippen MR) is 129 cm³/mol. The molecule has 3 heterocycles. The lowest BCUT2D eigenvalue weighted by molar-refractivity contribution is 0.343. The number of hydrogen-bond donors (Lipinski definition) is 1. The SMILES string of the molecule is CCCCc1c(Cc2ccc(-c3ccccc3-c3nnn[nH]3)cc2)c(=O)n2n1C(C)CC[CH]2. The van der Waals surface area contributed by atoms with E-state index in [2.05, 4.69) is 76.0 Å². The summed E-state index contributed by atoms with van der Waals surface area (Å²) in [5.74, 6) is 0.646. The first-order chi connectivity index (χ1) is 16.2. The van der Waals surface area contributed by atoms with E-state index in [-0.39, 0.29) is 5.56 Å². The van der Waals surface area contributed by atoms with Crippen LogP contribution in [0.15, 0.2) is 53.3 Å². The van der Waals surface area contributed by atoms with Crippen LogP contribution in [0.3, 0.4) is 0 Å². The van der Waals surface area contributed by atoms with Gasteiger partial charge in [-0.2, -0.15) is 0 Å². The Morgan fingerprint density at radius 1 is 1.09 bits per heavy atom. The van der Waals surface area contributed by atoms with E-state index >= 15 is 0 Å². The smallest absolute Gasteiger partial charge is 0.270 e. The monoisotopic (exact) mass is 441 g/mol. The predicted octanol–water partition coefficient (Wildman–Crippen LogP) is 4.79. The van der Waals surface area contributed by atoms with Crippen molar-refractivity contribution in [3.63, 3.8) is 0 Å². The summed E-state index contributed by atoms with van der Waals surface area (Å²) in [6.45, 7) is 6.48. The molecule has 4 aromatic rings. The minimum atomic E-state index is 0.139. The van der Waals surface area contributed by atoms with Gasteiger partial charge < -0.3 is 0 Å². The van der Waals surface area contributed by atoms with Crippen molar-refractivity contribution in [3.8, 4) is 22.5 Å². The molecule has 0 amide bonds. The zero-order valence-electron chi connectivity index (χ0n) is 19.2. The standard InChI is InChI=1S/C26H29N6O/c1-3-4-11-24-23(26(33)31-16-7-8-18(2)32(24)31)17-19-12-14-20(15-13-19)21-9-5-6-10-22(21)25-27-29-30-28-25/h5-6,9-10,12-16,18H,3-4,7-8,11,17H2,1-2H3,(H,27,28,29,30). The van der Waals surface area contributed by atoms with Gasteiger partial charge in [0.25, 0.3) is 5.56 Å². The molecule has 0 bridgehead atoms. The number of unbranched alkanes of at least 4 members (excludes halogenated alkanes) is 1. The van der Waals surface area contributed by atoms with Crippen molar-refractivity contribution in [3.05, 3.63) is 82.3 Å². The van der Waals surface area contributed by atoms with Crippen LogP contribution in [0.2, 0.25) is 0 Å². The molecular weight excluding hydrogens is 412 g/mol. The summed E-state index contributed by atoms with van der Waals surface area (Å²) in [6, 6.07) is 16.9. The molecule has 1 radical (unpaired) electrons. The van der Waals surface area contributed by atoms with E-state index in [0.29, 0.717) is 18.3 Å². The topological polar surface area (TPSA) is 81.4 Å². The van der Waals surface area contributed by atoms with Crippen LogP contribution in [0.1, 0.15) is 62.4 Å². The van der Waals surface area contributed by atoms with E-state index in [1.54, 1.807) is 0 Å². The molecule has 1 aliphatic rings. The lowest BCUT2D eigenvalue weighted by Gasteiger charge is -2.26. The summed E-state index contributed by atoms with van der Waals surface area (Å²) in [6.07, 6.45) is 5.84. The maximum atomic E-state index is 13.3. The van der Waals surface area contributed by atoms with E-state index < -0.39 is 0 Å². The fraction of sp³-hybridized carbons (Fsp3) is 0.346. The van der Waals surface area contributed by atoms with Crippen molar-refractivity contribution in [2.24, 2.45) is 0 Å². The lowest BCUT2D eigenvalue weighted by atomic mass is 9.96. The van der Waals surface area contributed by atoms with Gasteiger partial charge in [0.05, 0.1) is 6.54 Å². The first-order valence-corrected chi connectivity index (χ1v) is 11.8. The summed E-state index contributed by atoms with van der Waals surface area (Å²) in [4.78, 5) is 13.3. The van der Waals surface area contributed by atoms with E-state index in [4.69, 9.17) is 0 Å². The minimum absolute atomic E-state index is 0.139. The molecule has 0 fully saturated rings. The van der Waals surface area contributed by atoms with Crippen molar-refractivity contribution < 1.29 is 0 Å². The molecule has 169 valence electrons.